The van der Waals surface area contributed by atoms with Crippen molar-refractivity contribution >= 4 is 17.8 Å². The number of nitrogens with zero attached hydrogens (tertiary/aromatic N) is 2. The first-order valence-electron chi connectivity index (χ1n) is 6.72. The number of hydrogen-bond donors (Lipinski definition) is 2. The van der Waals surface area contributed by atoms with E-state index in [0.717, 1.165) is 13.1 Å². The third kappa shape index (κ3) is 3.88. The Morgan fingerprint density at radius 2 is 2.33 bits per heavy atom. The summed E-state index contributed by atoms with van der Waals surface area (Å²) in [5, 5.41) is 15.3. The molecule has 0 saturated carbocycles. The maximum absolute atomic E-state index is 5.58. The third-order valence-corrected chi connectivity index (χ3v) is 4.47. The minimum Gasteiger partial charge on any atom is -0.406 e. The summed E-state index contributed by atoms with van der Waals surface area (Å²) in [5.74, 6) is 1.93. The molecule has 0 aromatic carbocycles. The van der Waals surface area contributed by atoms with E-state index in [2.05, 4.69) is 27.8 Å². The molecule has 1 aromatic heterocycles. The van der Waals surface area contributed by atoms with Crippen molar-refractivity contribution < 1.29 is 4.42 Å². The number of rotatable bonds is 6. The van der Waals surface area contributed by atoms with E-state index < -0.39 is 0 Å². The Morgan fingerprint density at radius 1 is 1.44 bits per heavy atom. The van der Waals surface area contributed by atoms with Gasteiger partial charge in [0.05, 0.1) is 6.04 Å². The van der Waals surface area contributed by atoms with Crippen molar-refractivity contribution in [2.24, 2.45) is 0 Å². The van der Waals surface area contributed by atoms with Gasteiger partial charge in [-0.1, -0.05) is 18.4 Å². The van der Waals surface area contributed by atoms with E-state index in [0.29, 0.717) is 17.2 Å². The van der Waals surface area contributed by atoms with Crippen molar-refractivity contribution in [1.82, 2.24) is 15.5 Å². The monoisotopic (exact) mass is 270 g/mol. The molecule has 2 unspecified atom stereocenters. The second-order valence-electron chi connectivity index (χ2n) is 4.59. The molecule has 2 atom stereocenters. The first-order valence-corrected chi connectivity index (χ1v) is 7.76. The molecular weight excluding hydrogens is 248 g/mol. The molecule has 0 amide bonds. The van der Waals surface area contributed by atoms with E-state index >= 15 is 0 Å². The van der Waals surface area contributed by atoms with Crippen molar-refractivity contribution in [2.45, 2.75) is 44.4 Å². The zero-order valence-electron chi connectivity index (χ0n) is 11.1. The second-order valence-corrected chi connectivity index (χ2v) is 6.00. The Balaban J connectivity index is 1.79. The highest BCUT2D eigenvalue weighted by Gasteiger charge is 2.16. The van der Waals surface area contributed by atoms with Gasteiger partial charge in [0.2, 0.25) is 5.89 Å². The van der Waals surface area contributed by atoms with Crippen molar-refractivity contribution in [3.05, 3.63) is 5.89 Å². The number of nitrogens with one attached hydrogen (secondary N) is 2. The molecule has 2 N–H and O–H groups in total. The summed E-state index contributed by atoms with van der Waals surface area (Å²) in [6.45, 7) is 5.90. The van der Waals surface area contributed by atoms with Gasteiger partial charge in [0.15, 0.2) is 0 Å². The van der Waals surface area contributed by atoms with Gasteiger partial charge in [0.25, 0.3) is 0 Å². The maximum atomic E-state index is 5.58. The van der Waals surface area contributed by atoms with Crippen LogP contribution in [0.15, 0.2) is 4.42 Å². The van der Waals surface area contributed by atoms with Gasteiger partial charge in [0.1, 0.15) is 0 Å². The van der Waals surface area contributed by atoms with Crippen LogP contribution in [0.2, 0.25) is 0 Å². The number of thioether (sulfide) groups is 1. The summed E-state index contributed by atoms with van der Waals surface area (Å²) in [5.41, 5.74) is 0. The zero-order valence-corrected chi connectivity index (χ0v) is 11.9. The van der Waals surface area contributed by atoms with Crippen LogP contribution < -0.4 is 10.6 Å². The van der Waals surface area contributed by atoms with Gasteiger partial charge in [-0.2, -0.15) is 11.8 Å². The lowest BCUT2D eigenvalue weighted by molar-refractivity contribution is 0.428. The highest BCUT2D eigenvalue weighted by Crippen LogP contribution is 2.25. The summed E-state index contributed by atoms with van der Waals surface area (Å²) in [4.78, 5) is 0. The SMILES string of the molecule is CCNC(C)c1nnc(NCC2CCCCS2)o1. The summed E-state index contributed by atoms with van der Waals surface area (Å²) in [7, 11) is 0. The molecule has 2 heterocycles. The topological polar surface area (TPSA) is 63.0 Å². The van der Waals surface area contributed by atoms with E-state index in [4.69, 9.17) is 4.42 Å². The van der Waals surface area contributed by atoms with E-state index in [1.54, 1.807) is 0 Å². The average Bonchev–Trinajstić information content (AvgIpc) is 2.87. The van der Waals surface area contributed by atoms with Gasteiger partial charge in [-0.3, -0.25) is 0 Å². The quantitative estimate of drug-likeness (QED) is 0.828. The average molecular weight is 270 g/mol. The predicted molar refractivity (Wildman–Crippen MR) is 75.0 cm³/mol. The van der Waals surface area contributed by atoms with E-state index in [1.165, 1.54) is 25.0 Å². The van der Waals surface area contributed by atoms with Crippen molar-refractivity contribution in [3.8, 4) is 0 Å². The second kappa shape index (κ2) is 6.99. The number of anilines is 1. The lowest BCUT2D eigenvalue weighted by Gasteiger charge is -2.20. The smallest absolute Gasteiger partial charge is 0.315 e. The molecule has 1 saturated heterocycles. The Kier molecular flexibility index (Phi) is 5.31. The highest BCUT2D eigenvalue weighted by molar-refractivity contribution is 7.99. The van der Waals surface area contributed by atoms with Gasteiger partial charge in [-0.25, -0.2) is 0 Å². The fourth-order valence-corrected chi connectivity index (χ4v) is 3.28. The van der Waals surface area contributed by atoms with Gasteiger partial charge in [-0.05, 0) is 32.1 Å². The van der Waals surface area contributed by atoms with E-state index in [-0.39, 0.29) is 6.04 Å². The molecule has 1 fully saturated rings. The molecule has 0 radical (unpaired) electrons. The Labute approximate surface area is 112 Å². The first kappa shape index (κ1) is 13.7. The van der Waals surface area contributed by atoms with Crippen LogP contribution in [-0.4, -0.2) is 34.3 Å². The van der Waals surface area contributed by atoms with Crippen LogP contribution in [0.1, 0.15) is 45.0 Å². The Morgan fingerprint density at radius 3 is 3.06 bits per heavy atom. The van der Waals surface area contributed by atoms with E-state index in [9.17, 15) is 0 Å². The van der Waals surface area contributed by atoms with Crippen LogP contribution in [0.3, 0.4) is 0 Å². The maximum Gasteiger partial charge on any atom is 0.315 e. The third-order valence-electron chi connectivity index (χ3n) is 3.08. The van der Waals surface area contributed by atoms with Crippen molar-refractivity contribution in [1.29, 1.82) is 0 Å². The molecule has 1 aromatic rings. The molecule has 1 aliphatic rings. The summed E-state index contributed by atoms with van der Waals surface area (Å²) in [6, 6.07) is 0.656. The lowest BCUT2D eigenvalue weighted by atomic mass is 10.2. The van der Waals surface area contributed by atoms with Crippen LogP contribution >= 0.6 is 11.8 Å². The minimum absolute atomic E-state index is 0.113. The van der Waals surface area contributed by atoms with Gasteiger partial charge in [-0.15, -0.1) is 5.10 Å². The molecule has 102 valence electrons. The van der Waals surface area contributed by atoms with Gasteiger partial charge >= 0.3 is 6.01 Å². The minimum atomic E-state index is 0.113. The molecule has 0 spiro atoms. The number of aromatic nitrogens is 2. The summed E-state index contributed by atoms with van der Waals surface area (Å²) >= 11 is 2.04. The van der Waals surface area contributed by atoms with Gasteiger partial charge in [0, 0.05) is 11.8 Å². The van der Waals surface area contributed by atoms with Crippen molar-refractivity contribution in [2.75, 3.05) is 24.2 Å². The van der Waals surface area contributed by atoms with Gasteiger partial charge < -0.3 is 15.1 Å². The summed E-state index contributed by atoms with van der Waals surface area (Å²) < 4.78 is 5.58. The predicted octanol–water partition coefficient (Wildman–Crippen LogP) is 2.44. The normalized spacial score (nSPS) is 21.8. The Hall–Kier alpha value is -0.750. The molecule has 0 bridgehead atoms. The van der Waals surface area contributed by atoms with Crippen LogP contribution in [0.4, 0.5) is 6.01 Å². The standard InChI is InChI=1S/C12H22N4OS/c1-3-13-9(2)11-15-16-12(17-11)14-8-10-6-4-5-7-18-10/h9-10,13H,3-8H2,1-2H3,(H,14,16). The molecule has 2 rings (SSSR count). The Bertz CT molecular complexity index is 352. The van der Waals surface area contributed by atoms with Crippen LogP contribution in [0.25, 0.3) is 0 Å². The molecular formula is C12H22N4OS. The zero-order chi connectivity index (χ0) is 12.8. The van der Waals surface area contributed by atoms with Crippen LogP contribution in [0, 0.1) is 0 Å². The van der Waals surface area contributed by atoms with E-state index in [1.807, 2.05) is 18.7 Å². The fraction of sp³-hybridized carbons (Fsp3) is 0.833. The van der Waals surface area contributed by atoms with Crippen molar-refractivity contribution in [3.63, 3.8) is 0 Å². The largest absolute Gasteiger partial charge is 0.406 e. The molecule has 5 nitrogen and oxygen atoms in total. The van der Waals surface area contributed by atoms with Crippen LogP contribution in [0.5, 0.6) is 0 Å². The van der Waals surface area contributed by atoms with Crippen LogP contribution in [-0.2, 0) is 0 Å². The highest BCUT2D eigenvalue weighted by atomic mass is 32.2. The summed E-state index contributed by atoms with van der Waals surface area (Å²) in [6.07, 6.45) is 3.98. The molecule has 0 aliphatic carbocycles. The molecule has 6 heteroatoms. The lowest BCUT2D eigenvalue weighted by Crippen LogP contribution is -2.20. The molecule has 18 heavy (non-hydrogen) atoms. The number of hydrogen-bond acceptors (Lipinski definition) is 6. The molecule has 1 aliphatic heterocycles. The fourth-order valence-electron chi connectivity index (χ4n) is 2.04. The first-order chi connectivity index (χ1) is 8.79.